The molecule has 0 radical (unpaired) electrons. The van der Waals surface area contributed by atoms with Gasteiger partial charge in [0.15, 0.2) is 0 Å². The molecule has 2 aromatic rings. The van der Waals surface area contributed by atoms with E-state index in [-0.39, 0.29) is 11.3 Å². The van der Waals surface area contributed by atoms with Crippen molar-refractivity contribution in [2.75, 3.05) is 10.7 Å². The summed E-state index contributed by atoms with van der Waals surface area (Å²) >= 11 is 11.0. The fraction of sp³-hybridized carbons (Fsp3) is 0.133. The first-order valence-electron chi connectivity index (χ1n) is 6.10. The highest BCUT2D eigenvalue weighted by Crippen LogP contribution is 2.42. The van der Waals surface area contributed by atoms with Gasteiger partial charge in [-0.1, -0.05) is 39.7 Å². The number of amides is 1. The van der Waals surface area contributed by atoms with Crippen LogP contribution in [-0.4, -0.2) is 11.7 Å². The zero-order chi connectivity index (χ0) is 14.1. The van der Waals surface area contributed by atoms with Crippen molar-refractivity contribution in [3.8, 4) is 0 Å². The van der Waals surface area contributed by atoms with E-state index in [1.54, 1.807) is 11.8 Å². The summed E-state index contributed by atoms with van der Waals surface area (Å²) in [6.07, 6.45) is 0. The summed E-state index contributed by atoms with van der Waals surface area (Å²) < 4.78 is 1.00. The molecule has 0 bridgehead atoms. The summed E-state index contributed by atoms with van der Waals surface area (Å²) in [5, 5.41) is 0.721. The van der Waals surface area contributed by atoms with Gasteiger partial charge in [-0.15, -0.1) is 11.8 Å². The van der Waals surface area contributed by atoms with Crippen LogP contribution in [0, 0.1) is 0 Å². The normalized spacial score (nSPS) is 18.6. The summed E-state index contributed by atoms with van der Waals surface area (Å²) in [5.41, 5.74) is 2.01. The third-order valence-corrected chi connectivity index (χ3v) is 5.12. The smallest absolute Gasteiger partial charge is 0.238 e. The lowest BCUT2D eigenvalue weighted by Crippen LogP contribution is -2.27. The highest BCUT2D eigenvalue weighted by molar-refractivity contribution is 9.10. The SMILES string of the molecule is O=C1CS[C@@H](c2ccc(Cl)cc2)N1c1ccc(Br)cc1. The summed E-state index contributed by atoms with van der Waals surface area (Å²) in [6.45, 7) is 0. The molecule has 1 fully saturated rings. The average molecular weight is 369 g/mol. The van der Waals surface area contributed by atoms with Gasteiger partial charge in [0.2, 0.25) is 5.91 Å². The van der Waals surface area contributed by atoms with Crippen LogP contribution in [0.3, 0.4) is 0 Å². The van der Waals surface area contributed by atoms with Gasteiger partial charge in [-0.3, -0.25) is 9.69 Å². The Bertz CT molecular complexity index is 629. The average Bonchev–Trinajstić information content (AvgIpc) is 2.83. The van der Waals surface area contributed by atoms with E-state index in [0.717, 1.165) is 15.7 Å². The van der Waals surface area contributed by atoms with Crippen LogP contribution in [0.2, 0.25) is 5.02 Å². The maximum Gasteiger partial charge on any atom is 0.238 e. The lowest BCUT2D eigenvalue weighted by molar-refractivity contribution is -0.115. The van der Waals surface area contributed by atoms with E-state index in [4.69, 9.17) is 11.6 Å². The van der Waals surface area contributed by atoms with E-state index in [9.17, 15) is 4.79 Å². The molecule has 0 unspecified atom stereocenters. The molecule has 0 saturated carbocycles. The molecular formula is C15H11BrClNOS. The van der Waals surface area contributed by atoms with Crippen LogP contribution in [-0.2, 0) is 4.79 Å². The van der Waals surface area contributed by atoms with Crippen molar-refractivity contribution >= 4 is 50.9 Å². The number of carbonyl (C=O) groups is 1. The van der Waals surface area contributed by atoms with Crippen LogP contribution < -0.4 is 4.90 Å². The Balaban J connectivity index is 1.96. The number of anilines is 1. The molecule has 1 aliphatic rings. The molecule has 1 saturated heterocycles. The first-order valence-corrected chi connectivity index (χ1v) is 8.32. The number of rotatable bonds is 2. The molecule has 0 N–H and O–H groups in total. The number of carbonyl (C=O) groups excluding carboxylic acids is 1. The van der Waals surface area contributed by atoms with Gasteiger partial charge >= 0.3 is 0 Å². The van der Waals surface area contributed by atoms with Crippen molar-refractivity contribution in [2.45, 2.75) is 5.37 Å². The zero-order valence-corrected chi connectivity index (χ0v) is 13.6. The summed E-state index contributed by atoms with van der Waals surface area (Å²) in [5.74, 6) is 0.640. The van der Waals surface area contributed by atoms with Crippen LogP contribution >= 0.6 is 39.3 Å². The molecule has 1 aliphatic heterocycles. The Hall–Kier alpha value is -0.970. The Morgan fingerprint density at radius 3 is 2.40 bits per heavy atom. The van der Waals surface area contributed by atoms with Crippen molar-refractivity contribution in [2.24, 2.45) is 0 Å². The minimum absolute atomic E-state index is 0.0148. The van der Waals surface area contributed by atoms with Gasteiger partial charge in [0.1, 0.15) is 5.37 Å². The Morgan fingerprint density at radius 1 is 1.10 bits per heavy atom. The zero-order valence-electron chi connectivity index (χ0n) is 10.4. The van der Waals surface area contributed by atoms with Gasteiger partial charge in [-0.05, 0) is 42.0 Å². The van der Waals surface area contributed by atoms with Gasteiger partial charge in [-0.2, -0.15) is 0 Å². The quantitative estimate of drug-likeness (QED) is 0.753. The number of nitrogens with zero attached hydrogens (tertiary/aromatic N) is 1. The lowest BCUT2D eigenvalue weighted by atomic mass is 10.2. The topological polar surface area (TPSA) is 20.3 Å². The minimum atomic E-state index is 0.0148. The van der Waals surface area contributed by atoms with Crippen LogP contribution in [0.1, 0.15) is 10.9 Å². The summed E-state index contributed by atoms with van der Waals surface area (Å²) in [6, 6.07) is 15.5. The van der Waals surface area contributed by atoms with E-state index in [0.29, 0.717) is 10.8 Å². The predicted molar refractivity (Wildman–Crippen MR) is 88.3 cm³/mol. The number of thioether (sulfide) groups is 1. The molecule has 0 aliphatic carbocycles. The highest BCUT2D eigenvalue weighted by Gasteiger charge is 2.33. The minimum Gasteiger partial charge on any atom is -0.295 e. The third kappa shape index (κ3) is 2.73. The third-order valence-electron chi connectivity index (χ3n) is 3.13. The van der Waals surface area contributed by atoms with Gasteiger partial charge in [0.25, 0.3) is 0 Å². The number of hydrogen-bond donors (Lipinski definition) is 0. The van der Waals surface area contributed by atoms with Crippen molar-refractivity contribution in [3.63, 3.8) is 0 Å². The fourth-order valence-electron chi connectivity index (χ4n) is 2.18. The molecule has 3 rings (SSSR count). The standard InChI is InChI=1S/C15H11BrClNOS/c16-11-3-7-13(8-4-11)18-14(19)9-20-15(18)10-1-5-12(17)6-2-10/h1-8,15H,9H2/t15-/m0/s1. The van der Waals surface area contributed by atoms with Crippen molar-refractivity contribution in [3.05, 3.63) is 63.6 Å². The van der Waals surface area contributed by atoms with E-state index in [1.165, 1.54) is 0 Å². The van der Waals surface area contributed by atoms with Crippen LogP contribution in [0.25, 0.3) is 0 Å². The lowest BCUT2D eigenvalue weighted by Gasteiger charge is -2.24. The molecule has 1 heterocycles. The maximum atomic E-state index is 12.2. The summed E-state index contributed by atoms with van der Waals surface area (Å²) in [7, 11) is 0. The van der Waals surface area contributed by atoms with Gasteiger partial charge in [0.05, 0.1) is 5.75 Å². The molecule has 2 nitrogen and oxygen atoms in total. The Morgan fingerprint density at radius 2 is 1.75 bits per heavy atom. The van der Waals surface area contributed by atoms with Crippen molar-refractivity contribution < 1.29 is 4.79 Å². The van der Waals surface area contributed by atoms with Gasteiger partial charge < -0.3 is 0 Å². The molecule has 2 aromatic carbocycles. The van der Waals surface area contributed by atoms with Crippen LogP contribution in [0.15, 0.2) is 53.0 Å². The molecule has 1 atom stereocenters. The van der Waals surface area contributed by atoms with E-state index < -0.39 is 0 Å². The fourth-order valence-corrected chi connectivity index (χ4v) is 3.75. The molecular weight excluding hydrogens is 358 g/mol. The molecule has 102 valence electrons. The molecule has 1 amide bonds. The van der Waals surface area contributed by atoms with E-state index in [2.05, 4.69) is 15.9 Å². The number of benzene rings is 2. The molecule has 0 spiro atoms. The van der Waals surface area contributed by atoms with Crippen molar-refractivity contribution in [1.29, 1.82) is 0 Å². The van der Waals surface area contributed by atoms with Gasteiger partial charge in [0, 0.05) is 15.2 Å². The largest absolute Gasteiger partial charge is 0.295 e. The second-order valence-electron chi connectivity index (χ2n) is 4.46. The first kappa shape index (κ1) is 14.0. The summed E-state index contributed by atoms with van der Waals surface area (Å²) in [4.78, 5) is 14.0. The molecule has 0 aromatic heterocycles. The van der Waals surface area contributed by atoms with Crippen LogP contribution in [0.4, 0.5) is 5.69 Å². The van der Waals surface area contributed by atoms with E-state index in [1.807, 2.05) is 53.4 Å². The Labute approximate surface area is 135 Å². The van der Waals surface area contributed by atoms with Gasteiger partial charge in [-0.25, -0.2) is 0 Å². The first-order chi connectivity index (χ1) is 9.65. The highest BCUT2D eigenvalue weighted by atomic mass is 79.9. The second-order valence-corrected chi connectivity index (χ2v) is 6.88. The number of hydrogen-bond acceptors (Lipinski definition) is 2. The number of halogens is 2. The monoisotopic (exact) mass is 367 g/mol. The predicted octanol–water partition coefficient (Wildman–Crippen LogP) is 4.88. The second kappa shape index (κ2) is 5.80. The Kier molecular flexibility index (Phi) is 4.06. The van der Waals surface area contributed by atoms with Crippen LogP contribution in [0.5, 0.6) is 0 Å². The maximum absolute atomic E-state index is 12.2. The van der Waals surface area contributed by atoms with Crippen molar-refractivity contribution in [1.82, 2.24) is 0 Å². The molecule has 5 heteroatoms. The van der Waals surface area contributed by atoms with E-state index >= 15 is 0 Å². The molecule has 20 heavy (non-hydrogen) atoms.